The molecule has 1 aromatic rings. The Morgan fingerprint density at radius 1 is 1.58 bits per heavy atom. The molecule has 1 unspecified atom stereocenters. The molecule has 6 nitrogen and oxygen atoms in total. The molecule has 0 aliphatic carbocycles. The minimum atomic E-state index is -0.557. The summed E-state index contributed by atoms with van der Waals surface area (Å²) in [5.74, 6) is 0.107. The second-order valence-electron chi connectivity index (χ2n) is 4.06. The summed E-state index contributed by atoms with van der Waals surface area (Å²) in [4.78, 5) is 23.8. The van der Waals surface area contributed by atoms with Crippen molar-refractivity contribution in [1.82, 2.24) is 4.90 Å². The molecular formula is C12H15ClN2O4. The van der Waals surface area contributed by atoms with Crippen molar-refractivity contribution in [1.29, 1.82) is 0 Å². The number of ether oxygens (including phenoxy) is 1. The van der Waals surface area contributed by atoms with E-state index in [-0.39, 0.29) is 23.4 Å². The van der Waals surface area contributed by atoms with E-state index in [9.17, 15) is 14.9 Å². The molecule has 0 bridgehead atoms. The molecule has 0 aliphatic rings. The van der Waals surface area contributed by atoms with Crippen LogP contribution in [-0.4, -0.2) is 41.8 Å². The number of carbonyl (C=O) groups is 1. The zero-order valence-electron chi connectivity index (χ0n) is 10.9. The predicted molar refractivity (Wildman–Crippen MR) is 71.9 cm³/mol. The maximum Gasteiger partial charge on any atom is 0.310 e. The standard InChI is InChI=1S/C12H15ClN2O4/c1-8(7-13)14(2)12(16)9-4-5-10(15(17)18)11(6-9)19-3/h4-6,8H,7H2,1-3H3. The van der Waals surface area contributed by atoms with Gasteiger partial charge in [0.25, 0.3) is 5.91 Å². The number of nitro groups is 1. The van der Waals surface area contributed by atoms with Crippen LogP contribution in [0.25, 0.3) is 0 Å². The topological polar surface area (TPSA) is 72.7 Å². The second-order valence-corrected chi connectivity index (χ2v) is 4.37. The molecule has 0 saturated carbocycles. The van der Waals surface area contributed by atoms with Gasteiger partial charge in [-0.1, -0.05) is 0 Å². The Hall–Kier alpha value is -1.82. The number of rotatable bonds is 5. The van der Waals surface area contributed by atoms with Crippen molar-refractivity contribution in [2.75, 3.05) is 20.0 Å². The maximum atomic E-state index is 12.1. The Bertz CT molecular complexity index is 493. The van der Waals surface area contributed by atoms with E-state index in [1.165, 1.54) is 30.2 Å². The summed E-state index contributed by atoms with van der Waals surface area (Å²) in [5.41, 5.74) is 0.147. The molecule has 0 radical (unpaired) electrons. The van der Waals surface area contributed by atoms with Crippen LogP contribution in [0.1, 0.15) is 17.3 Å². The summed E-state index contributed by atoms with van der Waals surface area (Å²) >= 11 is 5.70. The van der Waals surface area contributed by atoms with Crippen molar-refractivity contribution in [3.8, 4) is 5.75 Å². The lowest BCUT2D eigenvalue weighted by Crippen LogP contribution is -2.36. The summed E-state index contributed by atoms with van der Waals surface area (Å²) in [7, 11) is 2.95. The number of carbonyl (C=O) groups excluding carboxylic acids is 1. The Morgan fingerprint density at radius 3 is 2.68 bits per heavy atom. The molecule has 1 aromatic carbocycles. The quantitative estimate of drug-likeness (QED) is 0.473. The summed E-state index contributed by atoms with van der Waals surface area (Å²) < 4.78 is 4.93. The van der Waals surface area contributed by atoms with Crippen LogP contribution in [0.4, 0.5) is 5.69 Å². The fraction of sp³-hybridized carbons (Fsp3) is 0.417. The fourth-order valence-corrected chi connectivity index (χ4v) is 1.68. The molecular weight excluding hydrogens is 272 g/mol. The molecule has 0 aromatic heterocycles. The number of hydrogen-bond donors (Lipinski definition) is 0. The van der Waals surface area contributed by atoms with Gasteiger partial charge in [0.15, 0.2) is 5.75 Å². The largest absolute Gasteiger partial charge is 0.490 e. The highest BCUT2D eigenvalue weighted by molar-refractivity contribution is 6.18. The van der Waals surface area contributed by atoms with Gasteiger partial charge in [0.05, 0.1) is 12.0 Å². The Kier molecular flexibility index (Phi) is 5.11. The van der Waals surface area contributed by atoms with E-state index < -0.39 is 4.92 Å². The SMILES string of the molecule is COc1cc(C(=O)N(C)C(C)CCl)ccc1[N+](=O)[O-]. The first-order valence-corrected chi connectivity index (χ1v) is 6.11. The van der Waals surface area contributed by atoms with Gasteiger partial charge in [0.1, 0.15) is 0 Å². The highest BCUT2D eigenvalue weighted by Gasteiger charge is 2.21. The molecule has 0 saturated heterocycles. The second kappa shape index (κ2) is 6.38. The van der Waals surface area contributed by atoms with Gasteiger partial charge in [-0.05, 0) is 13.0 Å². The highest BCUT2D eigenvalue weighted by Crippen LogP contribution is 2.28. The number of benzene rings is 1. The average molecular weight is 287 g/mol. The Morgan fingerprint density at radius 2 is 2.21 bits per heavy atom. The van der Waals surface area contributed by atoms with E-state index in [0.29, 0.717) is 11.4 Å². The van der Waals surface area contributed by atoms with Crippen LogP contribution in [-0.2, 0) is 0 Å². The van der Waals surface area contributed by atoms with E-state index in [4.69, 9.17) is 16.3 Å². The van der Waals surface area contributed by atoms with Gasteiger partial charge in [0, 0.05) is 36.7 Å². The van der Waals surface area contributed by atoms with E-state index in [1.54, 1.807) is 7.05 Å². The lowest BCUT2D eigenvalue weighted by molar-refractivity contribution is -0.385. The third kappa shape index (κ3) is 3.35. The van der Waals surface area contributed by atoms with Crippen molar-refractivity contribution in [2.45, 2.75) is 13.0 Å². The van der Waals surface area contributed by atoms with Crippen molar-refractivity contribution in [3.05, 3.63) is 33.9 Å². The molecule has 0 N–H and O–H groups in total. The number of halogens is 1. The number of methoxy groups -OCH3 is 1. The van der Waals surface area contributed by atoms with Gasteiger partial charge >= 0.3 is 5.69 Å². The average Bonchev–Trinajstić information content (AvgIpc) is 2.43. The minimum absolute atomic E-state index is 0.0581. The third-order valence-electron chi connectivity index (χ3n) is 2.83. The van der Waals surface area contributed by atoms with Crippen molar-refractivity contribution in [3.63, 3.8) is 0 Å². The Balaban J connectivity index is 3.09. The first-order valence-electron chi connectivity index (χ1n) is 5.58. The monoisotopic (exact) mass is 286 g/mol. The van der Waals surface area contributed by atoms with E-state index in [1.807, 2.05) is 6.92 Å². The van der Waals surface area contributed by atoms with Crippen LogP contribution in [0.5, 0.6) is 5.75 Å². The number of alkyl halides is 1. The Labute approximate surface area is 116 Å². The molecule has 0 aliphatic heterocycles. The lowest BCUT2D eigenvalue weighted by atomic mass is 10.1. The summed E-state index contributed by atoms with van der Waals surface area (Å²) in [5, 5.41) is 10.8. The van der Waals surface area contributed by atoms with Crippen LogP contribution in [0.15, 0.2) is 18.2 Å². The first-order chi connectivity index (χ1) is 8.92. The third-order valence-corrected chi connectivity index (χ3v) is 3.27. The predicted octanol–water partition coefficient (Wildman–Crippen LogP) is 2.30. The van der Waals surface area contributed by atoms with Crippen molar-refractivity contribution >= 4 is 23.2 Å². The fourth-order valence-electron chi connectivity index (χ4n) is 1.47. The summed E-state index contributed by atoms with van der Waals surface area (Å²) in [6.07, 6.45) is 0. The van der Waals surface area contributed by atoms with Crippen LogP contribution in [0, 0.1) is 10.1 Å². The molecule has 1 rings (SSSR count). The molecule has 0 heterocycles. The van der Waals surface area contributed by atoms with Gasteiger partial charge in [-0.2, -0.15) is 0 Å². The van der Waals surface area contributed by atoms with E-state index in [2.05, 4.69) is 0 Å². The molecule has 1 amide bonds. The van der Waals surface area contributed by atoms with Crippen LogP contribution in [0.2, 0.25) is 0 Å². The molecule has 0 fully saturated rings. The van der Waals surface area contributed by atoms with Gasteiger partial charge in [0.2, 0.25) is 0 Å². The summed E-state index contributed by atoms with van der Waals surface area (Å²) in [6.45, 7) is 1.81. The van der Waals surface area contributed by atoms with Crippen LogP contribution >= 0.6 is 11.6 Å². The number of amides is 1. The van der Waals surface area contributed by atoms with Crippen molar-refractivity contribution in [2.24, 2.45) is 0 Å². The normalized spacial score (nSPS) is 11.8. The molecule has 19 heavy (non-hydrogen) atoms. The summed E-state index contributed by atoms with van der Waals surface area (Å²) in [6, 6.07) is 3.89. The zero-order chi connectivity index (χ0) is 14.6. The lowest BCUT2D eigenvalue weighted by Gasteiger charge is -2.23. The van der Waals surface area contributed by atoms with Crippen molar-refractivity contribution < 1.29 is 14.5 Å². The first kappa shape index (κ1) is 15.2. The van der Waals surface area contributed by atoms with Gasteiger partial charge < -0.3 is 9.64 Å². The highest BCUT2D eigenvalue weighted by atomic mass is 35.5. The molecule has 7 heteroatoms. The molecule has 0 spiro atoms. The van der Waals surface area contributed by atoms with Gasteiger partial charge in [-0.25, -0.2) is 0 Å². The van der Waals surface area contributed by atoms with E-state index >= 15 is 0 Å². The van der Waals surface area contributed by atoms with E-state index in [0.717, 1.165) is 0 Å². The maximum absolute atomic E-state index is 12.1. The number of nitro benzene ring substituents is 1. The minimum Gasteiger partial charge on any atom is -0.490 e. The van der Waals surface area contributed by atoms with Crippen LogP contribution < -0.4 is 4.74 Å². The number of hydrogen-bond acceptors (Lipinski definition) is 4. The number of nitrogens with zero attached hydrogens (tertiary/aromatic N) is 2. The smallest absolute Gasteiger partial charge is 0.310 e. The van der Waals surface area contributed by atoms with Gasteiger partial charge in [-0.3, -0.25) is 14.9 Å². The van der Waals surface area contributed by atoms with Gasteiger partial charge in [-0.15, -0.1) is 11.6 Å². The molecule has 1 atom stereocenters. The van der Waals surface area contributed by atoms with Crippen LogP contribution in [0.3, 0.4) is 0 Å². The molecule has 104 valence electrons. The zero-order valence-corrected chi connectivity index (χ0v) is 11.7.